The molecule has 90 valence electrons. The molecule has 2 aromatic rings. The Balaban J connectivity index is 2.17. The number of nitrogens with zero attached hydrogens (tertiary/aromatic N) is 3. The number of hydrogen-bond donors (Lipinski definition) is 2. The number of aromatic nitrogens is 2. The summed E-state index contributed by atoms with van der Waals surface area (Å²) < 4.78 is 0. The number of aryl methyl sites for hydroxylation is 1. The number of pyridine rings is 2. The molecule has 0 fully saturated rings. The average Bonchev–Trinajstić information content (AvgIpc) is 2.39. The lowest BCUT2D eigenvalue weighted by atomic mass is 10.1. The van der Waals surface area contributed by atoms with Crippen molar-refractivity contribution in [2.45, 2.75) is 13.5 Å². The molecule has 0 unspecified atom stereocenters. The van der Waals surface area contributed by atoms with Gasteiger partial charge in [0.2, 0.25) is 0 Å². The van der Waals surface area contributed by atoms with Crippen molar-refractivity contribution < 1.29 is 0 Å². The molecule has 0 bridgehead atoms. The molecule has 3 N–H and O–H groups in total. The lowest BCUT2D eigenvalue weighted by Crippen LogP contribution is -2.06. The maximum atomic E-state index is 8.88. The minimum absolute atomic E-state index is 0.381. The molecule has 2 aromatic heterocycles. The highest BCUT2D eigenvalue weighted by atomic mass is 15.0. The monoisotopic (exact) mass is 239 g/mol. The fourth-order valence-corrected chi connectivity index (χ4v) is 1.59. The highest BCUT2D eigenvalue weighted by Crippen LogP contribution is 2.19. The minimum atomic E-state index is 0.381. The second-order valence-electron chi connectivity index (χ2n) is 3.89. The predicted octanol–water partition coefficient (Wildman–Crippen LogP) is 1.85. The van der Waals surface area contributed by atoms with Crippen LogP contribution in [-0.2, 0) is 6.54 Å². The molecular formula is C13H13N5. The first-order valence-electron chi connectivity index (χ1n) is 5.50. The van der Waals surface area contributed by atoms with Crippen molar-refractivity contribution in [2.75, 3.05) is 11.1 Å². The van der Waals surface area contributed by atoms with Gasteiger partial charge in [0.1, 0.15) is 6.07 Å². The van der Waals surface area contributed by atoms with Crippen LogP contribution in [0.4, 0.5) is 11.5 Å². The third-order valence-corrected chi connectivity index (χ3v) is 2.69. The van der Waals surface area contributed by atoms with E-state index in [1.165, 1.54) is 0 Å². The van der Waals surface area contributed by atoms with Crippen molar-refractivity contribution in [3.05, 3.63) is 47.4 Å². The number of rotatable bonds is 3. The van der Waals surface area contributed by atoms with Gasteiger partial charge in [-0.15, -0.1) is 0 Å². The maximum absolute atomic E-state index is 8.88. The number of nitrogens with two attached hydrogens (primary N) is 1. The minimum Gasteiger partial charge on any atom is -0.395 e. The molecule has 0 radical (unpaired) electrons. The number of nitrogen functional groups attached to an aromatic ring is 1. The van der Waals surface area contributed by atoms with Crippen LogP contribution in [0.1, 0.15) is 16.7 Å². The summed E-state index contributed by atoms with van der Waals surface area (Å²) in [6, 6.07) is 5.56. The van der Waals surface area contributed by atoms with E-state index in [0.29, 0.717) is 23.6 Å². The Kier molecular flexibility index (Phi) is 3.39. The van der Waals surface area contributed by atoms with Gasteiger partial charge in [-0.3, -0.25) is 4.98 Å². The maximum Gasteiger partial charge on any atom is 0.150 e. The third-order valence-electron chi connectivity index (χ3n) is 2.69. The van der Waals surface area contributed by atoms with Crippen LogP contribution in [0.15, 0.2) is 30.7 Å². The quantitative estimate of drug-likeness (QED) is 0.853. The molecule has 0 aliphatic heterocycles. The third kappa shape index (κ3) is 2.38. The first-order valence-corrected chi connectivity index (χ1v) is 5.50. The predicted molar refractivity (Wildman–Crippen MR) is 69.7 cm³/mol. The molecule has 0 atom stereocenters. The number of anilines is 2. The molecule has 0 aromatic carbocycles. The van der Waals surface area contributed by atoms with Crippen LogP contribution in [0.2, 0.25) is 0 Å². The van der Waals surface area contributed by atoms with Gasteiger partial charge in [-0.05, 0) is 30.2 Å². The Labute approximate surface area is 105 Å². The van der Waals surface area contributed by atoms with E-state index in [9.17, 15) is 0 Å². The molecule has 0 spiro atoms. The van der Waals surface area contributed by atoms with E-state index in [0.717, 1.165) is 11.1 Å². The van der Waals surface area contributed by atoms with Gasteiger partial charge in [0.25, 0.3) is 0 Å². The van der Waals surface area contributed by atoms with E-state index in [-0.39, 0.29) is 0 Å². The van der Waals surface area contributed by atoms with E-state index in [1.54, 1.807) is 24.7 Å². The summed E-state index contributed by atoms with van der Waals surface area (Å²) in [4.78, 5) is 8.16. The first kappa shape index (κ1) is 11.9. The summed E-state index contributed by atoms with van der Waals surface area (Å²) in [5.41, 5.74) is 8.86. The lowest BCUT2D eigenvalue weighted by Gasteiger charge is -2.10. The zero-order chi connectivity index (χ0) is 13.0. The summed E-state index contributed by atoms with van der Waals surface area (Å²) in [5, 5.41) is 12.0. The van der Waals surface area contributed by atoms with Crippen molar-refractivity contribution in [3.63, 3.8) is 0 Å². The topological polar surface area (TPSA) is 87.6 Å². The number of hydrogen-bond acceptors (Lipinski definition) is 5. The van der Waals surface area contributed by atoms with Crippen LogP contribution in [0.3, 0.4) is 0 Å². The van der Waals surface area contributed by atoms with Crippen molar-refractivity contribution in [1.29, 1.82) is 5.26 Å². The van der Waals surface area contributed by atoms with Crippen molar-refractivity contribution in [1.82, 2.24) is 9.97 Å². The standard InChI is InChI=1S/C13H13N5/c1-9-7-16-4-2-11(9)8-18-13-12(15)10(6-14)3-5-17-13/h2-5,7H,8,15H2,1H3,(H,17,18). The second-order valence-corrected chi connectivity index (χ2v) is 3.89. The fraction of sp³-hybridized carbons (Fsp3) is 0.154. The van der Waals surface area contributed by atoms with Crippen molar-refractivity contribution in [3.8, 4) is 6.07 Å². The SMILES string of the molecule is Cc1cnccc1CNc1nccc(C#N)c1N. The Morgan fingerprint density at radius 1 is 1.39 bits per heavy atom. The van der Waals surface area contributed by atoms with E-state index in [2.05, 4.69) is 15.3 Å². The molecule has 5 nitrogen and oxygen atoms in total. The normalized spacial score (nSPS) is 9.78. The zero-order valence-corrected chi connectivity index (χ0v) is 10.0. The van der Waals surface area contributed by atoms with E-state index < -0.39 is 0 Å². The number of nitrogens with one attached hydrogen (secondary N) is 1. The van der Waals surface area contributed by atoms with Gasteiger partial charge in [0.15, 0.2) is 5.82 Å². The Bertz CT molecular complexity index is 601. The van der Waals surface area contributed by atoms with Gasteiger partial charge in [-0.1, -0.05) is 0 Å². The van der Waals surface area contributed by atoms with Gasteiger partial charge in [0.05, 0.1) is 11.3 Å². The van der Waals surface area contributed by atoms with Crippen LogP contribution >= 0.6 is 0 Å². The molecule has 5 heteroatoms. The molecular weight excluding hydrogens is 226 g/mol. The van der Waals surface area contributed by atoms with Gasteiger partial charge >= 0.3 is 0 Å². The molecule has 0 aliphatic carbocycles. The summed E-state index contributed by atoms with van der Waals surface area (Å²) in [7, 11) is 0. The van der Waals surface area contributed by atoms with Crippen LogP contribution < -0.4 is 11.1 Å². The molecule has 18 heavy (non-hydrogen) atoms. The van der Waals surface area contributed by atoms with E-state index in [4.69, 9.17) is 11.0 Å². The van der Waals surface area contributed by atoms with Crippen LogP contribution in [-0.4, -0.2) is 9.97 Å². The van der Waals surface area contributed by atoms with Crippen LogP contribution in [0, 0.1) is 18.3 Å². The van der Waals surface area contributed by atoms with Gasteiger partial charge < -0.3 is 11.1 Å². The number of nitriles is 1. The molecule has 0 aliphatic rings. The summed E-state index contributed by atoms with van der Waals surface area (Å²) >= 11 is 0. The van der Waals surface area contributed by atoms with E-state index >= 15 is 0 Å². The Morgan fingerprint density at radius 2 is 2.22 bits per heavy atom. The van der Waals surface area contributed by atoms with Gasteiger partial charge in [-0.25, -0.2) is 4.98 Å². The molecule has 2 heterocycles. The fourth-order valence-electron chi connectivity index (χ4n) is 1.59. The molecule has 0 amide bonds. The highest BCUT2D eigenvalue weighted by molar-refractivity contribution is 5.68. The van der Waals surface area contributed by atoms with Crippen LogP contribution in [0.25, 0.3) is 0 Å². The van der Waals surface area contributed by atoms with Gasteiger partial charge in [0, 0.05) is 25.1 Å². The van der Waals surface area contributed by atoms with Crippen molar-refractivity contribution in [2.24, 2.45) is 0 Å². The first-order chi connectivity index (χ1) is 8.72. The molecule has 2 rings (SSSR count). The van der Waals surface area contributed by atoms with Crippen molar-refractivity contribution >= 4 is 11.5 Å². The summed E-state index contributed by atoms with van der Waals surface area (Å²) in [5.74, 6) is 0.533. The Hall–Kier alpha value is -2.61. The lowest BCUT2D eigenvalue weighted by molar-refractivity contribution is 1.07. The Morgan fingerprint density at radius 3 is 2.94 bits per heavy atom. The average molecular weight is 239 g/mol. The second kappa shape index (κ2) is 5.15. The van der Waals surface area contributed by atoms with Gasteiger partial charge in [-0.2, -0.15) is 5.26 Å². The van der Waals surface area contributed by atoms with E-state index in [1.807, 2.05) is 19.1 Å². The highest BCUT2D eigenvalue weighted by Gasteiger charge is 2.06. The van der Waals surface area contributed by atoms with Crippen LogP contribution in [0.5, 0.6) is 0 Å². The molecule has 0 saturated carbocycles. The molecule has 0 saturated heterocycles. The zero-order valence-electron chi connectivity index (χ0n) is 10.0. The smallest absolute Gasteiger partial charge is 0.150 e. The largest absolute Gasteiger partial charge is 0.395 e. The summed E-state index contributed by atoms with van der Waals surface area (Å²) in [6.07, 6.45) is 5.11. The summed E-state index contributed by atoms with van der Waals surface area (Å²) in [6.45, 7) is 2.59.